The number of rotatable bonds is 2. The Bertz CT molecular complexity index is 603. The van der Waals surface area contributed by atoms with E-state index in [2.05, 4.69) is 5.32 Å². The van der Waals surface area contributed by atoms with Crippen molar-refractivity contribution >= 4 is 11.4 Å². The second-order valence-electron chi connectivity index (χ2n) is 4.00. The van der Waals surface area contributed by atoms with Crippen LogP contribution in [0.5, 0.6) is 0 Å². The van der Waals surface area contributed by atoms with Gasteiger partial charge in [0.1, 0.15) is 0 Å². The van der Waals surface area contributed by atoms with Crippen LogP contribution < -0.4 is 10.9 Å². The van der Waals surface area contributed by atoms with Gasteiger partial charge in [0, 0.05) is 23.1 Å². The Kier molecular flexibility index (Phi) is 2.87. The Balaban J connectivity index is 2.37. The monoisotopic (exact) mass is 230 g/mol. The first kappa shape index (κ1) is 11.3. The van der Waals surface area contributed by atoms with Crippen molar-refractivity contribution in [3.63, 3.8) is 0 Å². The number of benzene rings is 1. The molecule has 88 valence electrons. The summed E-state index contributed by atoms with van der Waals surface area (Å²) in [6, 6.07) is 9.53. The third-order valence-corrected chi connectivity index (χ3v) is 2.61. The second-order valence-corrected chi connectivity index (χ2v) is 4.00. The predicted octanol–water partition coefficient (Wildman–Crippen LogP) is 2.45. The number of pyridine rings is 1. The zero-order valence-electron chi connectivity index (χ0n) is 9.77. The van der Waals surface area contributed by atoms with Gasteiger partial charge in [0.15, 0.2) is 0 Å². The van der Waals surface area contributed by atoms with E-state index in [9.17, 15) is 10.0 Å². The van der Waals surface area contributed by atoms with Crippen LogP contribution in [0.3, 0.4) is 0 Å². The molecule has 0 aliphatic rings. The molecule has 0 unspecified atom stereocenters. The highest BCUT2D eigenvalue weighted by molar-refractivity contribution is 5.62. The molecule has 0 saturated heterocycles. The fraction of sp³-hybridized carbons (Fsp3) is 0.154. The highest BCUT2D eigenvalue weighted by Gasteiger charge is 2.05. The van der Waals surface area contributed by atoms with E-state index in [1.165, 1.54) is 6.20 Å². The molecular formula is C13H14N2O2. The topological polar surface area (TPSA) is 54.3 Å². The predicted molar refractivity (Wildman–Crippen MR) is 67.1 cm³/mol. The van der Waals surface area contributed by atoms with Gasteiger partial charge in [0.05, 0.1) is 0 Å². The number of nitrogens with one attached hydrogen (secondary N) is 1. The number of anilines is 2. The van der Waals surface area contributed by atoms with E-state index in [1.54, 1.807) is 13.0 Å². The van der Waals surface area contributed by atoms with Crippen molar-refractivity contribution < 1.29 is 5.21 Å². The first-order chi connectivity index (χ1) is 8.08. The summed E-state index contributed by atoms with van der Waals surface area (Å²) in [6.07, 6.45) is 1.33. The molecule has 0 spiro atoms. The molecule has 1 aromatic heterocycles. The van der Waals surface area contributed by atoms with Gasteiger partial charge in [-0.2, -0.15) is 4.73 Å². The van der Waals surface area contributed by atoms with Gasteiger partial charge < -0.3 is 10.5 Å². The number of aryl methyl sites for hydroxylation is 1. The normalized spacial score (nSPS) is 10.2. The molecule has 0 bridgehead atoms. The molecular weight excluding hydrogens is 216 g/mol. The molecule has 0 fully saturated rings. The van der Waals surface area contributed by atoms with Gasteiger partial charge in [-0.3, -0.25) is 4.79 Å². The van der Waals surface area contributed by atoms with Crippen LogP contribution in [-0.2, 0) is 0 Å². The van der Waals surface area contributed by atoms with Crippen LogP contribution in [0.25, 0.3) is 0 Å². The van der Waals surface area contributed by atoms with Crippen molar-refractivity contribution in [1.29, 1.82) is 0 Å². The third-order valence-electron chi connectivity index (χ3n) is 2.61. The Hall–Kier alpha value is -2.23. The van der Waals surface area contributed by atoms with Crippen LogP contribution in [0.2, 0.25) is 0 Å². The van der Waals surface area contributed by atoms with Crippen LogP contribution in [0.4, 0.5) is 11.4 Å². The van der Waals surface area contributed by atoms with E-state index in [4.69, 9.17) is 0 Å². The van der Waals surface area contributed by atoms with E-state index in [-0.39, 0.29) is 0 Å². The quantitative estimate of drug-likeness (QED) is 0.779. The molecule has 0 aliphatic heterocycles. The maximum atomic E-state index is 11.5. The molecule has 0 saturated carbocycles. The summed E-state index contributed by atoms with van der Waals surface area (Å²) in [6.45, 7) is 3.68. The maximum Gasteiger partial charge on any atom is 0.287 e. The van der Waals surface area contributed by atoms with Crippen LogP contribution >= 0.6 is 0 Å². The molecule has 0 atom stereocenters. The van der Waals surface area contributed by atoms with Gasteiger partial charge in [-0.25, -0.2) is 0 Å². The van der Waals surface area contributed by atoms with Gasteiger partial charge >= 0.3 is 0 Å². The van der Waals surface area contributed by atoms with Crippen molar-refractivity contribution in [3.8, 4) is 0 Å². The average Bonchev–Trinajstić information content (AvgIpc) is 2.30. The minimum atomic E-state index is -0.414. The van der Waals surface area contributed by atoms with Gasteiger partial charge in [0.2, 0.25) is 0 Å². The lowest BCUT2D eigenvalue weighted by Crippen LogP contribution is -2.20. The first-order valence-corrected chi connectivity index (χ1v) is 5.33. The summed E-state index contributed by atoms with van der Waals surface area (Å²) < 4.78 is 0.580. The molecule has 4 heteroatoms. The molecule has 1 aromatic carbocycles. The molecule has 0 amide bonds. The van der Waals surface area contributed by atoms with E-state index >= 15 is 0 Å². The Morgan fingerprint density at radius 1 is 1.24 bits per heavy atom. The lowest BCUT2D eigenvalue weighted by molar-refractivity contribution is 0.174. The Morgan fingerprint density at radius 3 is 2.71 bits per heavy atom. The second kappa shape index (κ2) is 4.33. The molecule has 0 radical (unpaired) electrons. The largest absolute Gasteiger partial charge is 0.425 e. The number of nitrogens with zero attached hydrogens (tertiary/aromatic N) is 1. The highest BCUT2D eigenvalue weighted by Crippen LogP contribution is 2.18. The van der Waals surface area contributed by atoms with Crippen molar-refractivity contribution in [2.45, 2.75) is 13.8 Å². The zero-order valence-corrected chi connectivity index (χ0v) is 9.77. The fourth-order valence-corrected chi connectivity index (χ4v) is 1.64. The molecule has 2 aromatic rings. The fourth-order valence-electron chi connectivity index (χ4n) is 1.64. The van der Waals surface area contributed by atoms with Gasteiger partial charge in [0.25, 0.3) is 5.56 Å². The molecule has 4 nitrogen and oxygen atoms in total. The van der Waals surface area contributed by atoms with Crippen LogP contribution in [0.1, 0.15) is 11.1 Å². The highest BCUT2D eigenvalue weighted by atomic mass is 16.5. The number of hydrogen-bond donors (Lipinski definition) is 2. The van der Waals surface area contributed by atoms with Crippen molar-refractivity contribution in [2.75, 3.05) is 5.32 Å². The summed E-state index contributed by atoms with van der Waals surface area (Å²) in [4.78, 5) is 11.5. The third kappa shape index (κ3) is 2.30. The number of aromatic nitrogens is 1. The molecule has 1 heterocycles. The lowest BCUT2D eigenvalue weighted by atomic mass is 10.2. The average molecular weight is 230 g/mol. The minimum Gasteiger partial charge on any atom is -0.425 e. The summed E-state index contributed by atoms with van der Waals surface area (Å²) in [5.74, 6) is 0. The maximum absolute atomic E-state index is 11.5. The molecule has 2 N–H and O–H groups in total. The first-order valence-electron chi connectivity index (χ1n) is 5.33. The zero-order chi connectivity index (χ0) is 12.4. The summed E-state index contributed by atoms with van der Waals surface area (Å²) in [5, 5.41) is 12.4. The van der Waals surface area contributed by atoms with Crippen LogP contribution in [0, 0.1) is 13.8 Å². The van der Waals surface area contributed by atoms with Gasteiger partial charge in [-0.15, -0.1) is 0 Å². The SMILES string of the molecule is Cc1cccc(Nc2ccn(O)c(=O)c2C)c1. The van der Waals surface area contributed by atoms with E-state index in [0.717, 1.165) is 11.3 Å². The van der Waals surface area contributed by atoms with Crippen molar-refractivity contribution in [2.24, 2.45) is 0 Å². The molecule has 17 heavy (non-hydrogen) atoms. The van der Waals surface area contributed by atoms with E-state index in [1.807, 2.05) is 31.2 Å². The van der Waals surface area contributed by atoms with Crippen molar-refractivity contribution in [1.82, 2.24) is 4.73 Å². The van der Waals surface area contributed by atoms with E-state index < -0.39 is 5.56 Å². The van der Waals surface area contributed by atoms with Crippen LogP contribution in [0.15, 0.2) is 41.3 Å². The Labute approximate surface area is 99.1 Å². The smallest absolute Gasteiger partial charge is 0.287 e. The number of hydrogen-bond acceptors (Lipinski definition) is 3. The molecule has 0 aliphatic carbocycles. The minimum absolute atomic E-state index is 0.414. The van der Waals surface area contributed by atoms with Gasteiger partial charge in [-0.1, -0.05) is 12.1 Å². The Morgan fingerprint density at radius 2 is 2.00 bits per heavy atom. The summed E-state index contributed by atoms with van der Waals surface area (Å²) in [7, 11) is 0. The molecule has 2 rings (SSSR count). The van der Waals surface area contributed by atoms with Crippen LogP contribution in [-0.4, -0.2) is 9.94 Å². The lowest BCUT2D eigenvalue weighted by Gasteiger charge is -2.10. The standard InChI is InChI=1S/C13H14N2O2/c1-9-4-3-5-11(8-9)14-12-6-7-15(17)13(16)10(12)2/h3-8,14,17H,1-2H3. The summed E-state index contributed by atoms with van der Waals surface area (Å²) >= 11 is 0. The summed E-state index contributed by atoms with van der Waals surface area (Å²) in [5.41, 5.74) is 2.83. The van der Waals surface area contributed by atoms with Gasteiger partial charge in [-0.05, 0) is 37.6 Å². The van der Waals surface area contributed by atoms with E-state index in [0.29, 0.717) is 16.0 Å². The van der Waals surface area contributed by atoms with Crippen molar-refractivity contribution in [3.05, 3.63) is 58.0 Å².